The summed E-state index contributed by atoms with van der Waals surface area (Å²) in [7, 11) is 0. The van der Waals surface area contributed by atoms with Gasteiger partial charge in [0.1, 0.15) is 5.60 Å². The first kappa shape index (κ1) is 15.4. The number of rotatable bonds is 4. The fourth-order valence-corrected chi connectivity index (χ4v) is 2.27. The number of carbonyl (C=O) groups is 1. The second-order valence-corrected chi connectivity index (χ2v) is 6.23. The van der Waals surface area contributed by atoms with E-state index in [2.05, 4.69) is 35.4 Å². The van der Waals surface area contributed by atoms with Crippen molar-refractivity contribution in [3.63, 3.8) is 0 Å². The second-order valence-electron chi connectivity index (χ2n) is 6.23. The molecule has 1 heterocycles. The first-order valence-electron chi connectivity index (χ1n) is 7.45. The van der Waals surface area contributed by atoms with Crippen molar-refractivity contribution in [2.75, 3.05) is 6.54 Å². The molecule has 0 aliphatic heterocycles. The highest BCUT2D eigenvalue weighted by molar-refractivity contribution is 5.83. The van der Waals surface area contributed by atoms with Crippen LogP contribution in [-0.4, -0.2) is 23.2 Å². The maximum Gasteiger partial charge on any atom is 0.407 e. The number of aromatic amines is 1. The Morgan fingerprint density at radius 3 is 2.76 bits per heavy atom. The average Bonchev–Trinajstić information content (AvgIpc) is 2.79. The molecule has 2 N–H and O–H groups in total. The van der Waals surface area contributed by atoms with Crippen LogP contribution in [0.4, 0.5) is 4.79 Å². The van der Waals surface area contributed by atoms with Gasteiger partial charge in [0.05, 0.1) is 0 Å². The number of hydrogen-bond donors (Lipinski definition) is 2. The van der Waals surface area contributed by atoms with Crippen molar-refractivity contribution in [3.05, 3.63) is 35.5 Å². The third-order valence-electron chi connectivity index (χ3n) is 3.30. The molecule has 114 valence electrons. The molecule has 4 heteroatoms. The predicted octanol–water partition coefficient (Wildman–Crippen LogP) is 3.80. The largest absolute Gasteiger partial charge is 0.444 e. The van der Waals surface area contributed by atoms with Gasteiger partial charge in [0.25, 0.3) is 0 Å². The molecule has 0 spiro atoms. The molecule has 0 saturated carbocycles. The Kier molecular flexibility index (Phi) is 4.56. The smallest absolute Gasteiger partial charge is 0.407 e. The Morgan fingerprint density at radius 2 is 2.10 bits per heavy atom. The van der Waals surface area contributed by atoms with E-state index in [-0.39, 0.29) is 6.09 Å². The molecule has 0 aliphatic rings. The van der Waals surface area contributed by atoms with Crippen molar-refractivity contribution in [2.45, 2.75) is 46.1 Å². The van der Waals surface area contributed by atoms with Crippen LogP contribution in [0.25, 0.3) is 10.9 Å². The number of hydrogen-bond acceptors (Lipinski definition) is 2. The molecule has 4 nitrogen and oxygen atoms in total. The number of aromatic nitrogens is 1. The van der Waals surface area contributed by atoms with Crippen molar-refractivity contribution >= 4 is 17.0 Å². The second kappa shape index (κ2) is 6.20. The minimum Gasteiger partial charge on any atom is -0.444 e. The van der Waals surface area contributed by atoms with E-state index in [1.54, 1.807) is 0 Å². The van der Waals surface area contributed by atoms with Crippen LogP contribution in [0.3, 0.4) is 0 Å². The van der Waals surface area contributed by atoms with Crippen LogP contribution in [0.5, 0.6) is 0 Å². The van der Waals surface area contributed by atoms with E-state index in [1.807, 2.05) is 27.0 Å². The topological polar surface area (TPSA) is 54.1 Å². The highest BCUT2D eigenvalue weighted by atomic mass is 16.6. The molecule has 0 atom stereocenters. The van der Waals surface area contributed by atoms with Gasteiger partial charge in [-0.05, 0) is 50.8 Å². The van der Waals surface area contributed by atoms with Crippen molar-refractivity contribution in [3.8, 4) is 0 Å². The van der Waals surface area contributed by atoms with Gasteiger partial charge in [-0.15, -0.1) is 0 Å². The maximum atomic E-state index is 11.6. The van der Waals surface area contributed by atoms with E-state index < -0.39 is 5.60 Å². The van der Waals surface area contributed by atoms with Gasteiger partial charge in [-0.2, -0.15) is 0 Å². The molecule has 0 fully saturated rings. The lowest BCUT2D eigenvalue weighted by molar-refractivity contribution is 0.0528. The molecule has 1 aromatic heterocycles. The summed E-state index contributed by atoms with van der Waals surface area (Å²) in [5.41, 5.74) is 3.23. The molecule has 1 amide bonds. The Bertz CT molecular complexity index is 623. The monoisotopic (exact) mass is 288 g/mol. The lowest BCUT2D eigenvalue weighted by atomic mass is 10.1. The van der Waals surface area contributed by atoms with Gasteiger partial charge in [-0.25, -0.2) is 4.79 Å². The van der Waals surface area contributed by atoms with Crippen LogP contribution in [0.1, 0.15) is 38.8 Å². The van der Waals surface area contributed by atoms with Crippen LogP contribution in [0, 0.1) is 0 Å². The third-order valence-corrected chi connectivity index (χ3v) is 3.30. The summed E-state index contributed by atoms with van der Waals surface area (Å²) in [6, 6.07) is 6.48. The van der Waals surface area contributed by atoms with Crippen LogP contribution >= 0.6 is 0 Å². The average molecular weight is 288 g/mol. The lowest BCUT2D eigenvalue weighted by Crippen LogP contribution is -2.33. The zero-order valence-electron chi connectivity index (χ0n) is 13.2. The van der Waals surface area contributed by atoms with Crippen LogP contribution in [0.15, 0.2) is 24.4 Å². The van der Waals surface area contributed by atoms with Gasteiger partial charge in [-0.3, -0.25) is 0 Å². The highest BCUT2D eigenvalue weighted by Crippen LogP contribution is 2.20. The van der Waals surface area contributed by atoms with Gasteiger partial charge in [0, 0.05) is 23.6 Å². The minimum atomic E-state index is -0.457. The number of benzene rings is 1. The fraction of sp³-hybridized carbons (Fsp3) is 0.471. The quantitative estimate of drug-likeness (QED) is 0.899. The molecular weight excluding hydrogens is 264 g/mol. The van der Waals surface area contributed by atoms with Gasteiger partial charge in [0.2, 0.25) is 0 Å². The van der Waals surface area contributed by atoms with Crippen molar-refractivity contribution in [1.82, 2.24) is 10.3 Å². The van der Waals surface area contributed by atoms with Crippen LogP contribution in [0.2, 0.25) is 0 Å². The molecule has 0 aliphatic carbocycles. The zero-order valence-corrected chi connectivity index (χ0v) is 13.2. The minimum absolute atomic E-state index is 0.365. The lowest BCUT2D eigenvalue weighted by Gasteiger charge is -2.19. The molecule has 0 saturated heterocycles. The Balaban J connectivity index is 1.93. The molecule has 21 heavy (non-hydrogen) atoms. The molecule has 2 aromatic rings. The van der Waals surface area contributed by atoms with Crippen LogP contribution in [-0.2, 0) is 17.6 Å². The van der Waals surface area contributed by atoms with Gasteiger partial charge in [0.15, 0.2) is 0 Å². The normalized spacial score (nSPS) is 11.6. The standard InChI is InChI=1S/C17H24N2O2/c1-5-12-6-7-14-13(11-19-15(14)10-12)8-9-18-16(20)21-17(2,3)4/h6-7,10-11,19H,5,8-9H2,1-4H3,(H,18,20). The fourth-order valence-electron chi connectivity index (χ4n) is 2.27. The Labute approximate surface area is 125 Å². The zero-order chi connectivity index (χ0) is 15.5. The number of nitrogens with one attached hydrogen (secondary N) is 2. The molecule has 0 unspecified atom stereocenters. The Hall–Kier alpha value is -1.97. The third kappa shape index (κ3) is 4.25. The predicted molar refractivity (Wildman–Crippen MR) is 85.6 cm³/mol. The summed E-state index contributed by atoms with van der Waals surface area (Å²) in [4.78, 5) is 14.9. The highest BCUT2D eigenvalue weighted by Gasteiger charge is 2.15. The SMILES string of the molecule is CCc1ccc2c(CCNC(=O)OC(C)(C)C)c[nH]c2c1. The van der Waals surface area contributed by atoms with Gasteiger partial charge >= 0.3 is 6.09 Å². The summed E-state index contributed by atoms with van der Waals surface area (Å²) < 4.78 is 5.22. The molecule has 2 rings (SSSR count). The molecular formula is C17H24N2O2. The summed E-state index contributed by atoms with van der Waals surface area (Å²) in [6.45, 7) is 8.29. The van der Waals surface area contributed by atoms with E-state index in [9.17, 15) is 4.79 Å². The Morgan fingerprint density at radius 1 is 1.33 bits per heavy atom. The number of ether oxygens (including phenoxy) is 1. The molecule has 1 aromatic carbocycles. The number of amides is 1. The van der Waals surface area contributed by atoms with Crippen molar-refractivity contribution < 1.29 is 9.53 Å². The van der Waals surface area contributed by atoms with Crippen LogP contribution < -0.4 is 5.32 Å². The van der Waals surface area contributed by atoms with Crippen molar-refractivity contribution in [2.24, 2.45) is 0 Å². The number of alkyl carbamates (subject to hydrolysis) is 1. The summed E-state index contributed by atoms with van der Waals surface area (Å²) in [6.07, 6.45) is 3.46. The number of H-pyrrole nitrogens is 1. The summed E-state index contributed by atoms with van der Waals surface area (Å²) >= 11 is 0. The first-order chi connectivity index (χ1) is 9.89. The van der Waals surface area contributed by atoms with E-state index in [1.165, 1.54) is 16.5 Å². The van der Waals surface area contributed by atoms with Gasteiger partial charge < -0.3 is 15.0 Å². The van der Waals surface area contributed by atoms with E-state index in [0.29, 0.717) is 6.54 Å². The number of fused-ring (bicyclic) bond motifs is 1. The first-order valence-corrected chi connectivity index (χ1v) is 7.45. The summed E-state index contributed by atoms with van der Waals surface area (Å²) in [5.74, 6) is 0. The maximum absolute atomic E-state index is 11.6. The number of carbonyl (C=O) groups excluding carboxylic acids is 1. The summed E-state index contributed by atoms with van der Waals surface area (Å²) in [5, 5.41) is 4.01. The van der Waals surface area contributed by atoms with E-state index in [4.69, 9.17) is 4.74 Å². The molecule has 0 bridgehead atoms. The van der Waals surface area contributed by atoms with E-state index >= 15 is 0 Å². The van der Waals surface area contributed by atoms with Gasteiger partial charge in [-0.1, -0.05) is 19.1 Å². The van der Waals surface area contributed by atoms with E-state index in [0.717, 1.165) is 18.4 Å². The van der Waals surface area contributed by atoms with Crippen molar-refractivity contribution in [1.29, 1.82) is 0 Å². The molecule has 0 radical (unpaired) electrons. The number of aryl methyl sites for hydroxylation is 1.